The molecule has 2 heterocycles. The van der Waals surface area contributed by atoms with Crippen molar-refractivity contribution in [2.24, 2.45) is 5.84 Å². The molecule has 102 valence electrons. The minimum atomic E-state index is -0.483. The molecule has 0 spiro atoms. The number of halogens is 2. The van der Waals surface area contributed by atoms with Gasteiger partial charge < -0.3 is 4.74 Å². The van der Waals surface area contributed by atoms with Crippen molar-refractivity contribution in [3.8, 4) is 11.6 Å². The first-order valence-electron chi connectivity index (χ1n) is 5.52. The minimum absolute atomic E-state index is 0.0855. The highest BCUT2D eigenvalue weighted by Gasteiger charge is 2.13. The van der Waals surface area contributed by atoms with Gasteiger partial charge in [-0.25, -0.2) is 15.2 Å². The predicted molar refractivity (Wildman–Crippen MR) is 79.4 cm³/mol. The van der Waals surface area contributed by atoms with Crippen molar-refractivity contribution in [2.45, 2.75) is 0 Å². The average Bonchev–Trinajstić information content (AvgIpc) is 2.90. The largest absolute Gasteiger partial charge is 0.435 e. The topological polar surface area (TPSA) is 73.1 Å². The molecule has 5 nitrogen and oxygen atoms in total. The summed E-state index contributed by atoms with van der Waals surface area (Å²) in [6.07, 6.45) is 0. The molecule has 0 fully saturated rings. The number of nitrogens with two attached hydrogens (primary N) is 1. The number of thiophene rings is 1. The Labute approximate surface area is 125 Å². The second kappa shape index (κ2) is 5.31. The molecule has 3 aromatic rings. The third kappa shape index (κ3) is 2.45. The molecule has 0 radical (unpaired) electrons. The number of hydrogen-bond donors (Lipinski definition) is 2. The molecule has 0 aliphatic carbocycles. The number of nitrogen functional groups attached to an aromatic ring is 1. The molecule has 1 aromatic carbocycles. The molecular weight excluding hydrogens is 347 g/mol. The average molecular weight is 355 g/mol. The SMILES string of the molecule is NNc1nc(Oc2ccc(Br)cc2F)c2ccsc2n1. The summed E-state index contributed by atoms with van der Waals surface area (Å²) in [5.41, 5.74) is 2.36. The van der Waals surface area contributed by atoms with Gasteiger partial charge in [0.1, 0.15) is 4.83 Å². The summed E-state index contributed by atoms with van der Waals surface area (Å²) < 4.78 is 20.0. The number of nitrogens with one attached hydrogen (secondary N) is 1. The number of ether oxygens (including phenoxy) is 1. The van der Waals surface area contributed by atoms with Gasteiger partial charge in [-0.1, -0.05) is 15.9 Å². The third-order valence-corrected chi connectivity index (χ3v) is 3.82. The standard InChI is InChI=1S/C12H8BrFN4OS/c13-6-1-2-9(8(14)5-6)19-10-7-3-4-20-11(7)17-12(16-10)18-15/h1-5H,15H2,(H,16,17,18). The number of anilines is 1. The van der Waals surface area contributed by atoms with E-state index in [4.69, 9.17) is 10.6 Å². The highest BCUT2D eigenvalue weighted by atomic mass is 79.9. The van der Waals surface area contributed by atoms with Crippen LogP contribution in [0.1, 0.15) is 0 Å². The van der Waals surface area contributed by atoms with Crippen molar-refractivity contribution in [3.05, 3.63) is 39.9 Å². The van der Waals surface area contributed by atoms with E-state index in [0.717, 1.165) is 0 Å². The van der Waals surface area contributed by atoms with Gasteiger partial charge in [-0.2, -0.15) is 4.98 Å². The highest BCUT2D eigenvalue weighted by Crippen LogP contribution is 2.32. The Morgan fingerprint density at radius 2 is 2.15 bits per heavy atom. The van der Waals surface area contributed by atoms with Crippen LogP contribution in [-0.4, -0.2) is 9.97 Å². The van der Waals surface area contributed by atoms with Crippen LogP contribution < -0.4 is 16.0 Å². The van der Waals surface area contributed by atoms with Crippen LogP contribution in [0, 0.1) is 5.82 Å². The smallest absolute Gasteiger partial charge is 0.241 e. The fourth-order valence-corrected chi connectivity index (χ4v) is 2.72. The zero-order valence-electron chi connectivity index (χ0n) is 9.93. The van der Waals surface area contributed by atoms with Crippen LogP contribution in [-0.2, 0) is 0 Å². The maximum Gasteiger partial charge on any atom is 0.241 e. The van der Waals surface area contributed by atoms with Gasteiger partial charge in [0.25, 0.3) is 0 Å². The third-order valence-electron chi connectivity index (χ3n) is 2.52. The predicted octanol–water partition coefficient (Wildman–Crippen LogP) is 3.67. The summed E-state index contributed by atoms with van der Waals surface area (Å²) in [5.74, 6) is 5.39. The second-order valence-corrected chi connectivity index (χ2v) is 5.62. The van der Waals surface area contributed by atoms with Crippen LogP contribution in [0.2, 0.25) is 0 Å². The number of hydrogen-bond acceptors (Lipinski definition) is 6. The summed E-state index contributed by atoms with van der Waals surface area (Å²) in [5, 5.41) is 2.56. The van der Waals surface area contributed by atoms with Gasteiger partial charge in [0.2, 0.25) is 11.8 Å². The van der Waals surface area contributed by atoms with E-state index in [1.165, 1.54) is 23.5 Å². The number of aromatic nitrogens is 2. The monoisotopic (exact) mass is 354 g/mol. The van der Waals surface area contributed by atoms with Crippen LogP contribution in [0.4, 0.5) is 10.3 Å². The van der Waals surface area contributed by atoms with E-state index in [2.05, 4.69) is 31.3 Å². The highest BCUT2D eigenvalue weighted by molar-refractivity contribution is 9.10. The molecule has 0 saturated heterocycles. The molecular formula is C12H8BrFN4OS. The second-order valence-electron chi connectivity index (χ2n) is 3.81. The summed E-state index contributed by atoms with van der Waals surface area (Å²) in [4.78, 5) is 9.00. The summed E-state index contributed by atoms with van der Waals surface area (Å²) >= 11 is 4.61. The lowest BCUT2D eigenvalue weighted by Crippen LogP contribution is -2.10. The van der Waals surface area contributed by atoms with Crippen LogP contribution in [0.5, 0.6) is 11.6 Å². The summed E-state index contributed by atoms with van der Waals surface area (Å²) in [7, 11) is 0. The Kier molecular flexibility index (Phi) is 3.51. The fourth-order valence-electron chi connectivity index (χ4n) is 1.63. The normalized spacial score (nSPS) is 10.8. The van der Waals surface area contributed by atoms with E-state index in [1.807, 2.05) is 11.4 Å². The molecule has 0 amide bonds. The fraction of sp³-hybridized carbons (Fsp3) is 0. The first-order valence-corrected chi connectivity index (χ1v) is 7.19. The molecule has 20 heavy (non-hydrogen) atoms. The van der Waals surface area contributed by atoms with E-state index in [-0.39, 0.29) is 17.6 Å². The first-order chi connectivity index (χ1) is 9.67. The molecule has 3 rings (SSSR count). The zero-order valence-corrected chi connectivity index (χ0v) is 12.3. The van der Waals surface area contributed by atoms with E-state index in [9.17, 15) is 4.39 Å². The van der Waals surface area contributed by atoms with Crippen LogP contribution >= 0.6 is 27.3 Å². The lowest BCUT2D eigenvalue weighted by molar-refractivity contribution is 0.432. The van der Waals surface area contributed by atoms with Gasteiger partial charge in [-0.15, -0.1) is 11.3 Å². The lowest BCUT2D eigenvalue weighted by Gasteiger charge is -2.08. The maximum atomic E-state index is 13.8. The van der Waals surface area contributed by atoms with Gasteiger partial charge in [-0.05, 0) is 29.6 Å². The van der Waals surface area contributed by atoms with Crippen LogP contribution in [0.25, 0.3) is 10.2 Å². The molecule has 0 unspecified atom stereocenters. The summed E-state index contributed by atoms with van der Waals surface area (Å²) in [6.45, 7) is 0. The van der Waals surface area contributed by atoms with Crippen molar-refractivity contribution in [1.29, 1.82) is 0 Å². The van der Waals surface area contributed by atoms with Gasteiger partial charge in [0.05, 0.1) is 5.39 Å². The molecule has 0 bridgehead atoms. The number of benzene rings is 1. The van der Waals surface area contributed by atoms with E-state index < -0.39 is 5.82 Å². The molecule has 0 aliphatic heterocycles. The van der Waals surface area contributed by atoms with Crippen LogP contribution in [0.3, 0.4) is 0 Å². The van der Waals surface area contributed by atoms with Crippen molar-refractivity contribution < 1.29 is 9.13 Å². The van der Waals surface area contributed by atoms with Crippen molar-refractivity contribution >= 4 is 43.4 Å². The molecule has 0 saturated carbocycles. The molecule has 0 aliphatic rings. The zero-order chi connectivity index (χ0) is 14.1. The number of hydrazine groups is 1. The van der Waals surface area contributed by atoms with Crippen molar-refractivity contribution in [2.75, 3.05) is 5.43 Å². The summed E-state index contributed by atoms with van der Waals surface area (Å²) in [6, 6.07) is 6.34. The molecule has 0 atom stereocenters. The molecule has 3 N–H and O–H groups in total. The Morgan fingerprint density at radius 3 is 2.90 bits per heavy atom. The van der Waals surface area contributed by atoms with Crippen molar-refractivity contribution in [1.82, 2.24) is 9.97 Å². The van der Waals surface area contributed by atoms with Gasteiger partial charge in [-0.3, -0.25) is 5.43 Å². The number of nitrogens with zero attached hydrogens (tertiary/aromatic N) is 2. The van der Waals surface area contributed by atoms with Crippen LogP contribution in [0.15, 0.2) is 34.1 Å². The van der Waals surface area contributed by atoms with Gasteiger partial charge in [0, 0.05) is 4.47 Å². The molecule has 8 heteroatoms. The Hall–Kier alpha value is -1.77. The minimum Gasteiger partial charge on any atom is -0.435 e. The Morgan fingerprint density at radius 1 is 1.30 bits per heavy atom. The van der Waals surface area contributed by atoms with E-state index in [0.29, 0.717) is 14.7 Å². The van der Waals surface area contributed by atoms with Gasteiger partial charge in [0.15, 0.2) is 11.6 Å². The quantitative estimate of drug-likeness (QED) is 0.554. The number of fused-ring (bicyclic) bond motifs is 1. The van der Waals surface area contributed by atoms with Gasteiger partial charge >= 0.3 is 0 Å². The van der Waals surface area contributed by atoms with Crippen molar-refractivity contribution in [3.63, 3.8) is 0 Å². The number of rotatable bonds is 3. The van der Waals surface area contributed by atoms with E-state index in [1.54, 1.807) is 6.07 Å². The lowest BCUT2D eigenvalue weighted by atomic mass is 10.3. The maximum absolute atomic E-state index is 13.8. The Bertz CT molecular complexity index is 779. The first kappa shape index (κ1) is 13.2. The Balaban J connectivity index is 2.07. The molecule has 2 aromatic heterocycles. The van der Waals surface area contributed by atoms with E-state index >= 15 is 0 Å².